The van der Waals surface area contributed by atoms with Gasteiger partial charge in [-0.1, -0.05) is 13.8 Å². The maximum atomic E-state index is 5.51. The Bertz CT molecular complexity index is 344. The molecule has 0 unspecified atom stereocenters. The lowest BCUT2D eigenvalue weighted by Gasteiger charge is -2.10. The summed E-state index contributed by atoms with van der Waals surface area (Å²) in [6, 6.07) is 5.88. The summed E-state index contributed by atoms with van der Waals surface area (Å²) in [5.41, 5.74) is 1.14. The van der Waals surface area contributed by atoms with Crippen molar-refractivity contribution in [2.75, 3.05) is 34.0 Å². The molecule has 0 amide bonds. The first-order valence-corrected chi connectivity index (χ1v) is 6.66. The summed E-state index contributed by atoms with van der Waals surface area (Å²) in [7, 11) is 3.32. The van der Waals surface area contributed by atoms with Gasteiger partial charge >= 0.3 is 0 Å². The second-order valence-electron chi connectivity index (χ2n) is 4.87. The van der Waals surface area contributed by atoms with Gasteiger partial charge in [0.25, 0.3) is 0 Å². The lowest BCUT2D eigenvalue weighted by Crippen LogP contribution is -2.20. The third kappa shape index (κ3) is 6.45. The predicted octanol–water partition coefficient (Wildman–Crippen LogP) is 2.47. The van der Waals surface area contributed by atoms with Crippen LogP contribution in [0.4, 0.5) is 0 Å². The Morgan fingerprint density at radius 3 is 2.21 bits per heavy atom. The number of methoxy groups -OCH3 is 2. The molecule has 4 nitrogen and oxygen atoms in total. The molecule has 0 spiro atoms. The van der Waals surface area contributed by atoms with Crippen LogP contribution in [-0.4, -0.2) is 34.0 Å². The van der Waals surface area contributed by atoms with Crippen molar-refractivity contribution in [2.45, 2.75) is 20.4 Å². The Morgan fingerprint density at radius 2 is 1.68 bits per heavy atom. The first kappa shape index (κ1) is 15.8. The topological polar surface area (TPSA) is 39.7 Å². The van der Waals surface area contributed by atoms with Crippen molar-refractivity contribution >= 4 is 0 Å². The van der Waals surface area contributed by atoms with Crippen LogP contribution in [0.15, 0.2) is 18.2 Å². The van der Waals surface area contributed by atoms with Gasteiger partial charge in [0.05, 0.1) is 20.8 Å². The molecule has 1 aromatic rings. The van der Waals surface area contributed by atoms with E-state index in [-0.39, 0.29) is 0 Å². The SMILES string of the molecule is COc1cc(CNCCOCC(C)C)cc(OC)c1. The Balaban J connectivity index is 2.32. The van der Waals surface area contributed by atoms with Crippen molar-refractivity contribution in [1.29, 1.82) is 0 Å². The molecule has 0 bridgehead atoms. The third-order valence-corrected chi connectivity index (χ3v) is 2.61. The van der Waals surface area contributed by atoms with Gasteiger partial charge in [-0.2, -0.15) is 0 Å². The second kappa shape index (κ2) is 8.77. The van der Waals surface area contributed by atoms with Gasteiger partial charge in [0.15, 0.2) is 0 Å². The Morgan fingerprint density at radius 1 is 1.05 bits per heavy atom. The molecule has 4 heteroatoms. The fraction of sp³-hybridized carbons (Fsp3) is 0.600. The van der Waals surface area contributed by atoms with E-state index in [2.05, 4.69) is 19.2 Å². The highest BCUT2D eigenvalue weighted by Gasteiger charge is 2.01. The van der Waals surface area contributed by atoms with E-state index in [9.17, 15) is 0 Å². The van der Waals surface area contributed by atoms with Crippen LogP contribution in [0.1, 0.15) is 19.4 Å². The normalized spacial score (nSPS) is 10.8. The van der Waals surface area contributed by atoms with Gasteiger partial charge in [-0.3, -0.25) is 0 Å². The summed E-state index contributed by atoms with van der Waals surface area (Å²) in [5.74, 6) is 2.21. The van der Waals surface area contributed by atoms with Crippen LogP contribution in [0.25, 0.3) is 0 Å². The van der Waals surface area contributed by atoms with E-state index in [0.717, 1.165) is 43.4 Å². The molecule has 19 heavy (non-hydrogen) atoms. The fourth-order valence-corrected chi connectivity index (χ4v) is 1.66. The van der Waals surface area contributed by atoms with Crippen LogP contribution in [-0.2, 0) is 11.3 Å². The molecule has 0 aliphatic carbocycles. The number of ether oxygens (including phenoxy) is 3. The predicted molar refractivity (Wildman–Crippen MR) is 76.9 cm³/mol. The number of benzene rings is 1. The van der Waals surface area contributed by atoms with E-state index < -0.39 is 0 Å². The zero-order valence-corrected chi connectivity index (χ0v) is 12.4. The third-order valence-electron chi connectivity index (χ3n) is 2.61. The van der Waals surface area contributed by atoms with Gasteiger partial charge in [-0.05, 0) is 23.6 Å². The molecule has 108 valence electrons. The van der Waals surface area contributed by atoms with Crippen molar-refractivity contribution in [1.82, 2.24) is 5.32 Å². The molecule has 0 heterocycles. The largest absolute Gasteiger partial charge is 0.497 e. The zero-order chi connectivity index (χ0) is 14.1. The minimum Gasteiger partial charge on any atom is -0.497 e. The van der Waals surface area contributed by atoms with Crippen LogP contribution in [0.2, 0.25) is 0 Å². The summed E-state index contributed by atoms with van der Waals surface area (Å²) in [5, 5.41) is 3.34. The van der Waals surface area contributed by atoms with Crippen LogP contribution >= 0.6 is 0 Å². The monoisotopic (exact) mass is 267 g/mol. The highest BCUT2D eigenvalue weighted by molar-refractivity contribution is 5.38. The van der Waals surface area contributed by atoms with Crippen molar-refractivity contribution in [3.63, 3.8) is 0 Å². The van der Waals surface area contributed by atoms with E-state index >= 15 is 0 Å². The minimum atomic E-state index is 0.586. The smallest absolute Gasteiger partial charge is 0.122 e. The van der Waals surface area contributed by atoms with E-state index in [1.165, 1.54) is 0 Å². The van der Waals surface area contributed by atoms with E-state index in [0.29, 0.717) is 5.92 Å². The van der Waals surface area contributed by atoms with Crippen LogP contribution in [0.5, 0.6) is 11.5 Å². The van der Waals surface area contributed by atoms with E-state index in [4.69, 9.17) is 14.2 Å². The quantitative estimate of drug-likeness (QED) is 0.698. The zero-order valence-electron chi connectivity index (χ0n) is 12.4. The Hall–Kier alpha value is -1.26. The molecule has 0 aliphatic rings. The van der Waals surface area contributed by atoms with Gasteiger partial charge in [0.2, 0.25) is 0 Å². The molecule has 0 atom stereocenters. The van der Waals surface area contributed by atoms with Gasteiger partial charge in [0.1, 0.15) is 11.5 Å². The summed E-state index contributed by atoms with van der Waals surface area (Å²) in [4.78, 5) is 0. The molecular formula is C15H25NO3. The van der Waals surface area contributed by atoms with Gasteiger partial charge < -0.3 is 19.5 Å². The number of nitrogens with one attached hydrogen (secondary N) is 1. The van der Waals surface area contributed by atoms with Crippen molar-refractivity contribution in [3.05, 3.63) is 23.8 Å². The molecule has 0 aromatic heterocycles. The van der Waals surface area contributed by atoms with Crippen LogP contribution in [0, 0.1) is 5.92 Å². The van der Waals surface area contributed by atoms with Crippen molar-refractivity contribution < 1.29 is 14.2 Å². The van der Waals surface area contributed by atoms with Crippen molar-refractivity contribution in [3.8, 4) is 11.5 Å². The lowest BCUT2D eigenvalue weighted by atomic mass is 10.2. The first-order valence-electron chi connectivity index (χ1n) is 6.66. The highest BCUT2D eigenvalue weighted by atomic mass is 16.5. The van der Waals surface area contributed by atoms with Gasteiger partial charge in [-0.15, -0.1) is 0 Å². The molecule has 1 rings (SSSR count). The van der Waals surface area contributed by atoms with Crippen LogP contribution in [0.3, 0.4) is 0 Å². The number of hydrogen-bond acceptors (Lipinski definition) is 4. The molecule has 1 aromatic carbocycles. The standard InChI is InChI=1S/C15H25NO3/c1-12(2)11-19-6-5-16-10-13-7-14(17-3)9-15(8-13)18-4/h7-9,12,16H,5-6,10-11H2,1-4H3. The maximum Gasteiger partial charge on any atom is 0.122 e. The molecule has 0 fully saturated rings. The van der Waals surface area contributed by atoms with Gasteiger partial charge in [-0.25, -0.2) is 0 Å². The van der Waals surface area contributed by atoms with E-state index in [1.807, 2.05) is 18.2 Å². The summed E-state index contributed by atoms with van der Waals surface area (Å²) in [6.07, 6.45) is 0. The molecule has 0 saturated heterocycles. The van der Waals surface area contributed by atoms with Gasteiger partial charge in [0, 0.05) is 25.8 Å². The summed E-state index contributed by atoms with van der Waals surface area (Å²) < 4.78 is 16.0. The highest BCUT2D eigenvalue weighted by Crippen LogP contribution is 2.22. The van der Waals surface area contributed by atoms with Crippen molar-refractivity contribution in [2.24, 2.45) is 5.92 Å². The molecular weight excluding hydrogens is 242 g/mol. The molecule has 0 saturated carbocycles. The lowest BCUT2D eigenvalue weighted by molar-refractivity contribution is 0.111. The first-order chi connectivity index (χ1) is 9.15. The minimum absolute atomic E-state index is 0.586. The summed E-state index contributed by atoms with van der Waals surface area (Å²) >= 11 is 0. The fourth-order valence-electron chi connectivity index (χ4n) is 1.66. The summed E-state index contributed by atoms with van der Waals surface area (Å²) in [6.45, 7) is 7.46. The van der Waals surface area contributed by atoms with Crippen LogP contribution < -0.4 is 14.8 Å². The maximum absolute atomic E-state index is 5.51. The average Bonchev–Trinajstić information content (AvgIpc) is 2.41. The average molecular weight is 267 g/mol. The molecule has 0 aliphatic heterocycles. The van der Waals surface area contributed by atoms with E-state index in [1.54, 1.807) is 14.2 Å². The second-order valence-corrected chi connectivity index (χ2v) is 4.87. The Labute approximate surface area is 116 Å². The number of hydrogen-bond donors (Lipinski definition) is 1. The molecule has 1 N–H and O–H groups in total. The number of rotatable bonds is 9. The molecule has 0 radical (unpaired) electrons. The Kier molecular flexibility index (Phi) is 7.30.